The summed E-state index contributed by atoms with van der Waals surface area (Å²) in [4.78, 5) is 4.79. The number of aryl methyl sites for hydroxylation is 1. The molecule has 1 aliphatic rings. The number of halogens is 1. The van der Waals surface area contributed by atoms with Gasteiger partial charge < -0.3 is 0 Å². The second kappa shape index (κ2) is 4.45. The topological polar surface area (TPSA) is 17.3 Å². The van der Waals surface area contributed by atoms with E-state index in [-0.39, 0.29) is 0 Å². The number of fused-ring (bicyclic) bond motifs is 1. The largest absolute Gasteiger partial charge is 0.294 e. The Morgan fingerprint density at radius 3 is 2.76 bits per heavy atom. The van der Waals surface area contributed by atoms with Gasteiger partial charge in [-0.25, -0.2) is 4.98 Å². The van der Waals surface area contributed by atoms with E-state index in [1.54, 1.807) is 0 Å². The molecule has 1 aliphatic carbocycles. The second-order valence-electron chi connectivity index (χ2n) is 5.06. The molecule has 0 spiro atoms. The summed E-state index contributed by atoms with van der Waals surface area (Å²) >= 11 is 3.72. The monoisotopic (exact) mass is 292 g/mol. The van der Waals surface area contributed by atoms with E-state index >= 15 is 0 Å². The number of imidazole rings is 1. The van der Waals surface area contributed by atoms with Crippen molar-refractivity contribution in [2.24, 2.45) is 0 Å². The number of nitrogens with zero attached hydrogens (tertiary/aromatic N) is 2. The zero-order valence-electron chi connectivity index (χ0n) is 10.1. The van der Waals surface area contributed by atoms with Gasteiger partial charge in [0.15, 0.2) is 0 Å². The summed E-state index contributed by atoms with van der Waals surface area (Å²) in [6.07, 6.45) is 8.83. The van der Waals surface area contributed by atoms with Gasteiger partial charge in [-0.1, -0.05) is 25.3 Å². The molecule has 3 heteroatoms. The molecular formula is C14H17BrN2. The highest BCUT2D eigenvalue weighted by Gasteiger charge is 2.21. The van der Waals surface area contributed by atoms with Gasteiger partial charge in [-0.3, -0.25) is 4.40 Å². The molecule has 2 heterocycles. The van der Waals surface area contributed by atoms with Crippen LogP contribution in [0.4, 0.5) is 0 Å². The van der Waals surface area contributed by atoms with E-state index in [1.165, 1.54) is 43.4 Å². The first-order valence-electron chi connectivity index (χ1n) is 6.40. The van der Waals surface area contributed by atoms with Gasteiger partial charge in [-0.05, 0) is 47.3 Å². The molecule has 90 valence electrons. The second-order valence-corrected chi connectivity index (χ2v) is 5.81. The lowest BCUT2D eigenvalue weighted by Crippen LogP contribution is -2.05. The van der Waals surface area contributed by atoms with E-state index in [0.717, 1.165) is 10.3 Å². The molecule has 0 aromatic carbocycles. The van der Waals surface area contributed by atoms with Gasteiger partial charge in [-0.2, -0.15) is 0 Å². The highest BCUT2D eigenvalue weighted by atomic mass is 79.9. The molecule has 0 amide bonds. The van der Waals surface area contributed by atoms with E-state index in [4.69, 9.17) is 4.98 Å². The fourth-order valence-corrected chi connectivity index (χ4v) is 3.47. The molecule has 2 aromatic rings. The Morgan fingerprint density at radius 2 is 2.00 bits per heavy atom. The summed E-state index contributed by atoms with van der Waals surface area (Å²) in [5.41, 5.74) is 3.59. The molecule has 0 saturated heterocycles. The maximum absolute atomic E-state index is 4.79. The van der Waals surface area contributed by atoms with Gasteiger partial charge in [0.2, 0.25) is 0 Å². The van der Waals surface area contributed by atoms with Crippen molar-refractivity contribution < 1.29 is 0 Å². The van der Waals surface area contributed by atoms with Crippen LogP contribution in [-0.2, 0) is 0 Å². The first-order valence-corrected chi connectivity index (χ1v) is 7.19. The van der Waals surface area contributed by atoms with Crippen LogP contribution in [0.1, 0.15) is 49.3 Å². The van der Waals surface area contributed by atoms with E-state index in [1.807, 2.05) is 0 Å². The van der Waals surface area contributed by atoms with Crippen molar-refractivity contribution in [2.75, 3.05) is 0 Å². The molecule has 1 fully saturated rings. The third-order valence-electron chi connectivity index (χ3n) is 3.72. The maximum Gasteiger partial charge on any atom is 0.137 e. The van der Waals surface area contributed by atoms with E-state index in [9.17, 15) is 0 Å². The van der Waals surface area contributed by atoms with Gasteiger partial charge in [0.1, 0.15) is 10.3 Å². The Balaban J connectivity index is 2.07. The Labute approximate surface area is 110 Å². The first-order chi connectivity index (χ1) is 8.25. The average molecular weight is 293 g/mol. The molecule has 0 aliphatic heterocycles. The van der Waals surface area contributed by atoms with Gasteiger partial charge >= 0.3 is 0 Å². The SMILES string of the molecule is Cc1ccc2nc(C3CCCCC3)c(Br)n2c1. The van der Waals surface area contributed by atoms with Crippen molar-refractivity contribution >= 4 is 21.6 Å². The minimum absolute atomic E-state index is 0.651. The van der Waals surface area contributed by atoms with Crippen molar-refractivity contribution in [1.82, 2.24) is 9.38 Å². The standard InChI is InChI=1S/C14H17BrN2/c1-10-7-8-12-16-13(14(15)17(12)9-10)11-5-3-2-4-6-11/h7-9,11H,2-6H2,1H3. The highest BCUT2D eigenvalue weighted by molar-refractivity contribution is 9.10. The van der Waals surface area contributed by atoms with Gasteiger partial charge in [0.05, 0.1) is 5.69 Å². The summed E-state index contributed by atoms with van der Waals surface area (Å²) in [6, 6.07) is 4.23. The van der Waals surface area contributed by atoms with Crippen LogP contribution < -0.4 is 0 Å². The van der Waals surface area contributed by atoms with Crippen molar-refractivity contribution in [3.8, 4) is 0 Å². The zero-order chi connectivity index (χ0) is 11.8. The number of aromatic nitrogens is 2. The molecular weight excluding hydrogens is 276 g/mol. The normalized spacial score (nSPS) is 17.8. The third-order valence-corrected chi connectivity index (χ3v) is 4.51. The van der Waals surface area contributed by atoms with Crippen LogP contribution in [0.5, 0.6) is 0 Å². The minimum Gasteiger partial charge on any atom is -0.294 e. The minimum atomic E-state index is 0.651. The summed E-state index contributed by atoms with van der Waals surface area (Å²) < 4.78 is 3.32. The smallest absolute Gasteiger partial charge is 0.137 e. The Bertz CT molecular complexity index is 538. The average Bonchev–Trinajstić information content (AvgIpc) is 2.68. The molecule has 3 rings (SSSR count). The molecule has 0 N–H and O–H groups in total. The fraction of sp³-hybridized carbons (Fsp3) is 0.500. The lowest BCUT2D eigenvalue weighted by Gasteiger charge is -2.19. The number of hydrogen-bond donors (Lipinski definition) is 0. The van der Waals surface area contributed by atoms with E-state index in [0.29, 0.717) is 5.92 Å². The molecule has 0 radical (unpaired) electrons. The summed E-state index contributed by atoms with van der Waals surface area (Å²) in [7, 11) is 0. The molecule has 0 unspecified atom stereocenters. The van der Waals surface area contributed by atoms with Crippen LogP contribution in [0.25, 0.3) is 5.65 Å². The molecule has 2 aromatic heterocycles. The number of rotatable bonds is 1. The fourth-order valence-electron chi connectivity index (χ4n) is 2.78. The highest BCUT2D eigenvalue weighted by Crippen LogP contribution is 2.36. The lowest BCUT2D eigenvalue weighted by atomic mass is 9.87. The van der Waals surface area contributed by atoms with Crippen LogP contribution in [0.15, 0.2) is 22.9 Å². The summed E-state index contributed by atoms with van der Waals surface area (Å²) in [6.45, 7) is 2.12. The number of pyridine rings is 1. The van der Waals surface area contributed by atoms with Crippen LogP contribution >= 0.6 is 15.9 Å². The van der Waals surface area contributed by atoms with Crippen molar-refractivity contribution in [3.05, 3.63) is 34.2 Å². The van der Waals surface area contributed by atoms with E-state index in [2.05, 4.69) is 45.6 Å². The van der Waals surface area contributed by atoms with Crippen molar-refractivity contribution in [1.29, 1.82) is 0 Å². The molecule has 0 bridgehead atoms. The maximum atomic E-state index is 4.79. The Kier molecular flexibility index (Phi) is 2.95. The first kappa shape index (κ1) is 11.3. The molecule has 17 heavy (non-hydrogen) atoms. The van der Waals surface area contributed by atoms with Crippen LogP contribution in [0.2, 0.25) is 0 Å². The quantitative estimate of drug-likeness (QED) is 0.759. The zero-order valence-corrected chi connectivity index (χ0v) is 11.7. The Morgan fingerprint density at radius 1 is 1.24 bits per heavy atom. The predicted octanol–water partition coefficient (Wildman–Crippen LogP) is 4.45. The van der Waals surface area contributed by atoms with Crippen LogP contribution in [-0.4, -0.2) is 9.38 Å². The number of hydrogen-bond acceptors (Lipinski definition) is 1. The predicted molar refractivity (Wildman–Crippen MR) is 73.5 cm³/mol. The van der Waals surface area contributed by atoms with E-state index < -0.39 is 0 Å². The van der Waals surface area contributed by atoms with Gasteiger partial charge in [-0.15, -0.1) is 0 Å². The van der Waals surface area contributed by atoms with Crippen LogP contribution in [0, 0.1) is 6.92 Å². The summed E-state index contributed by atoms with van der Waals surface area (Å²) in [5, 5.41) is 0. The summed E-state index contributed by atoms with van der Waals surface area (Å²) in [5.74, 6) is 0.651. The van der Waals surface area contributed by atoms with Gasteiger partial charge in [0, 0.05) is 12.1 Å². The molecule has 0 atom stereocenters. The van der Waals surface area contributed by atoms with Crippen molar-refractivity contribution in [3.63, 3.8) is 0 Å². The van der Waals surface area contributed by atoms with Gasteiger partial charge in [0.25, 0.3) is 0 Å². The molecule has 1 saturated carbocycles. The molecule has 2 nitrogen and oxygen atoms in total. The Hall–Kier alpha value is -0.830. The lowest BCUT2D eigenvalue weighted by molar-refractivity contribution is 0.436. The third kappa shape index (κ3) is 2.01. The van der Waals surface area contributed by atoms with Crippen molar-refractivity contribution in [2.45, 2.75) is 44.9 Å². The van der Waals surface area contributed by atoms with Crippen LogP contribution in [0.3, 0.4) is 0 Å².